The van der Waals surface area contributed by atoms with E-state index in [4.69, 9.17) is 5.73 Å². The lowest BCUT2D eigenvalue weighted by Gasteiger charge is -2.34. The highest BCUT2D eigenvalue weighted by Crippen LogP contribution is 2.20. The van der Waals surface area contributed by atoms with E-state index in [0.29, 0.717) is 13.0 Å². The van der Waals surface area contributed by atoms with E-state index in [-0.39, 0.29) is 5.92 Å². The fraction of sp³-hybridized carbons (Fsp3) is 0.538. The van der Waals surface area contributed by atoms with Crippen LogP contribution in [0.15, 0.2) is 30.3 Å². The van der Waals surface area contributed by atoms with Crippen LogP contribution in [-0.2, 0) is 6.54 Å². The molecule has 2 N–H and O–H groups in total. The summed E-state index contributed by atoms with van der Waals surface area (Å²) in [5.41, 5.74) is 6.87. The van der Waals surface area contributed by atoms with Gasteiger partial charge in [0.1, 0.15) is 6.17 Å². The summed E-state index contributed by atoms with van der Waals surface area (Å²) in [6.45, 7) is 2.98. The highest BCUT2D eigenvalue weighted by atomic mass is 19.1. The summed E-state index contributed by atoms with van der Waals surface area (Å²) in [4.78, 5) is 2.29. The summed E-state index contributed by atoms with van der Waals surface area (Å²) < 4.78 is 13.5. The van der Waals surface area contributed by atoms with Crippen LogP contribution in [-0.4, -0.2) is 30.7 Å². The number of halogens is 1. The molecule has 0 aliphatic carbocycles. The van der Waals surface area contributed by atoms with E-state index < -0.39 is 6.17 Å². The Kier molecular flexibility index (Phi) is 3.91. The first-order valence-corrected chi connectivity index (χ1v) is 5.90. The molecule has 1 aromatic carbocycles. The maximum atomic E-state index is 13.5. The van der Waals surface area contributed by atoms with Crippen LogP contribution in [0.5, 0.6) is 0 Å². The lowest BCUT2D eigenvalue weighted by molar-refractivity contribution is 0.0873. The lowest BCUT2D eigenvalue weighted by Crippen LogP contribution is -2.44. The van der Waals surface area contributed by atoms with Crippen molar-refractivity contribution in [2.75, 3.05) is 19.6 Å². The van der Waals surface area contributed by atoms with Crippen molar-refractivity contribution in [3.8, 4) is 0 Å². The molecule has 1 heterocycles. The van der Waals surface area contributed by atoms with Gasteiger partial charge in [0, 0.05) is 25.6 Å². The van der Waals surface area contributed by atoms with E-state index in [9.17, 15) is 4.39 Å². The van der Waals surface area contributed by atoms with Crippen LogP contribution in [0.3, 0.4) is 0 Å². The van der Waals surface area contributed by atoms with Crippen LogP contribution in [0, 0.1) is 5.92 Å². The zero-order valence-electron chi connectivity index (χ0n) is 9.48. The van der Waals surface area contributed by atoms with E-state index in [1.165, 1.54) is 5.56 Å². The number of hydrogen-bond donors (Lipinski definition) is 1. The van der Waals surface area contributed by atoms with Gasteiger partial charge in [0.25, 0.3) is 0 Å². The zero-order valence-corrected chi connectivity index (χ0v) is 9.48. The molecule has 2 unspecified atom stereocenters. The third-order valence-electron chi connectivity index (χ3n) is 3.28. The van der Waals surface area contributed by atoms with Crippen molar-refractivity contribution in [2.24, 2.45) is 11.7 Å². The third kappa shape index (κ3) is 2.80. The van der Waals surface area contributed by atoms with Gasteiger partial charge < -0.3 is 5.73 Å². The number of benzene rings is 1. The molecular formula is C13H19FN2. The van der Waals surface area contributed by atoms with Crippen molar-refractivity contribution >= 4 is 0 Å². The van der Waals surface area contributed by atoms with Crippen molar-refractivity contribution in [2.45, 2.75) is 19.1 Å². The summed E-state index contributed by atoms with van der Waals surface area (Å²) in [6, 6.07) is 10.3. The number of piperidine rings is 1. The van der Waals surface area contributed by atoms with Gasteiger partial charge in [0.05, 0.1) is 0 Å². The molecule has 1 aromatic rings. The number of hydrogen-bond acceptors (Lipinski definition) is 2. The van der Waals surface area contributed by atoms with E-state index in [1.54, 1.807) is 0 Å². The maximum Gasteiger partial charge on any atom is 0.107 e. The van der Waals surface area contributed by atoms with Crippen LogP contribution in [0.1, 0.15) is 12.0 Å². The fourth-order valence-electron chi connectivity index (χ4n) is 2.29. The first-order chi connectivity index (χ1) is 7.79. The standard InChI is InChI=1S/C13H19FN2/c14-13-6-7-16(10-12(13)8-15)9-11-4-2-1-3-5-11/h1-5,12-13H,6-10,15H2. The highest BCUT2D eigenvalue weighted by molar-refractivity contribution is 5.14. The predicted molar refractivity (Wildman–Crippen MR) is 63.8 cm³/mol. The van der Waals surface area contributed by atoms with Crippen LogP contribution >= 0.6 is 0 Å². The molecule has 1 aliphatic rings. The Balaban J connectivity index is 1.92. The molecule has 0 amide bonds. The van der Waals surface area contributed by atoms with Crippen molar-refractivity contribution in [3.05, 3.63) is 35.9 Å². The molecule has 1 aliphatic heterocycles. The summed E-state index contributed by atoms with van der Waals surface area (Å²) in [5, 5.41) is 0. The van der Waals surface area contributed by atoms with E-state index in [2.05, 4.69) is 17.0 Å². The summed E-state index contributed by atoms with van der Waals surface area (Å²) in [6.07, 6.45) is -0.0913. The van der Waals surface area contributed by atoms with Gasteiger partial charge in [-0.05, 0) is 18.5 Å². The van der Waals surface area contributed by atoms with Gasteiger partial charge in [-0.3, -0.25) is 4.90 Å². The number of likely N-dealkylation sites (tertiary alicyclic amines) is 1. The quantitative estimate of drug-likeness (QED) is 0.845. The molecule has 16 heavy (non-hydrogen) atoms. The molecule has 3 heteroatoms. The summed E-state index contributed by atoms with van der Waals surface area (Å²) in [5.74, 6) is 0.0115. The minimum absolute atomic E-state index is 0.0115. The van der Waals surface area contributed by atoms with E-state index in [0.717, 1.165) is 19.6 Å². The maximum absolute atomic E-state index is 13.5. The minimum atomic E-state index is -0.711. The first-order valence-electron chi connectivity index (χ1n) is 5.90. The minimum Gasteiger partial charge on any atom is -0.330 e. The number of nitrogens with two attached hydrogens (primary N) is 1. The number of alkyl halides is 1. The fourth-order valence-corrected chi connectivity index (χ4v) is 2.29. The van der Waals surface area contributed by atoms with Gasteiger partial charge in [-0.15, -0.1) is 0 Å². The Labute approximate surface area is 96.2 Å². The monoisotopic (exact) mass is 222 g/mol. The molecule has 1 saturated heterocycles. The van der Waals surface area contributed by atoms with Crippen molar-refractivity contribution in [3.63, 3.8) is 0 Å². The van der Waals surface area contributed by atoms with Crippen molar-refractivity contribution in [1.29, 1.82) is 0 Å². The second-order valence-corrected chi connectivity index (χ2v) is 4.52. The largest absolute Gasteiger partial charge is 0.330 e. The van der Waals surface area contributed by atoms with Gasteiger partial charge in [-0.25, -0.2) is 4.39 Å². The van der Waals surface area contributed by atoms with Gasteiger partial charge in [0.2, 0.25) is 0 Å². The Bertz CT molecular complexity index is 315. The van der Waals surface area contributed by atoms with Gasteiger partial charge in [-0.1, -0.05) is 30.3 Å². The Morgan fingerprint density at radius 2 is 2.06 bits per heavy atom. The smallest absolute Gasteiger partial charge is 0.107 e. The SMILES string of the molecule is NCC1CN(Cc2ccccc2)CCC1F. The molecular weight excluding hydrogens is 203 g/mol. The molecule has 0 aromatic heterocycles. The second-order valence-electron chi connectivity index (χ2n) is 4.52. The normalized spacial score (nSPS) is 26.9. The molecule has 2 rings (SSSR count). The predicted octanol–water partition coefficient (Wildman–Crippen LogP) is 1.81. The van der Waals surface area contributed by atoms with Crippen LogP contribution in [0.4, 0.5) is 4.39 Å². The molecule has 0 saturated carbocycles. The molecule has 2 nitrogen and oxygen atoms in total. The molecule has 0 radical (unpaired) electrons. The third-order valence-corrected chi connectivity index (χ3v) is 3.28. The van der Waals surface area contributed by atoms with E-state index in [1.807, 2.05) is 18.2 Å². The molecule has 0 spiro atoms. The topological polar surface area (TPSA) is 29.3 Å². The lowest BCUT2D eigenvalue weighted by atomic mass is 9.96. The summed E-state index contributed by atoms with van der Waals surface area (Å²) in [7, 11) is 0. The van der Waals surface area contributed by atoms with Crippen LogP contribution in [0.2, 0.25) is 0 Å². The van der Waals surface area contributed by atoms with Gasteiger partial charge in [0.15, 0.2) is 0 Å². The molecule has 2 atom stereocenters. The Hall–Kier alpha value is -0.930. The second kappa shape index (κ2) is 5.41. The van der Waals surface area contributed by atoms with Gasteiger partial charge >= 0.3 is 0 Å². The molecule has 88 valence electrons. The molecule has 0 bridgehead atoms. The van der Waals surface area contributed by atoms with Gasteiger partial charge in [-0.2, -0.15) is 0 Å². The first kappa shape index (κ1) is 11.6. The number of nitrogens with zero attached hydrogens (tertiary/aromatic N) is 1. The Morgan fingerprint density at radius 1 is 1.31 bits per heavy atom. The van der Waals surface area contributed by atoms with Crippen LogP contribution < -0.4 is 5.73 Å². The van der Waals surface area contributed by atoms with Crippen molar-refractivity contribution < 1.29 is 4.39 Å². The summed E-state index contributed by atoms with van der Waals surface area (Å²) >= 11 is 0. The highest BCUT2D eigenvalue weighted by Gasteiger charge is 2.27. The average molecular weight is 222 g/mol. The molecule has 1 fully saturated rings. The Morgan fingerprint density at radius 3 is 2.75 bits per heavy atom. The average Bonchev–Trinajstić information content (AvgIpc) is 2.33. The van der Waals surface area contributed by atoms with Crippen molar-refractivity contribution in [1.82, 2.24) is 4.90 Å². The zero-order chi connectivity index (χ0) is 11.4. The number of rotatable bonds is 3. The van der Waals surface area contributed by atoms with Crippen LogP contribution in [0.25, 0.3) is 0 Å². The van der Waals surface area contributed by atoms with E-state index >= 15 is 0 Å².